The first-order chi connectivity index (χ1) is 14.7. The first-order valence-corrected chi connectivity index (χ1v) is 13.4. The third kappa shape index (κ3) is 5.16. The van der Waals surface area contributed by atoms with Gasteiger partial charge < -0.3 is 4.74 Å². The maximum atomic E-state index is 12.6. The lowest BCUT2D eigenvalue weighted by molar-refractivity contribution is -0.394. The standard InChI is InChI=1S/C22H26N2O6Si/c1-31(2,20-9-4-3-5-10-20)21-11-7-6-8-16(21)15-30-22(25)17-12-18(23(26)27)14-19(13-17)24(28)29/h3-5,9-10,12-14,16,21H,6-8,11,15H2,1-2H3/t16-,21+/m0/s1. The minimum absolute atomic E-state index is 0.173. The van der Waals surface area contributed by atoms with Gasteiger partial charge in [0.2, 0.25) is 0 Å². The van der Waals surface area contributed by atoms with E-state index >= 15 is 0 Å². The predicted molar refractivity (Wildman–Crippen MR) is 119 cm³/mol. The zero-order chi connectivity index (χ0) is 22.6. The molecule has 0 heterocycles. The predicted octanol–water partition coefficient (Wildman–Crippen LogP) is 4.84. The summed E-state index contributed by atoms with van der Waals surface area (Å²) in [6, 6.07) is 13.3. The highest BCUT2D eigenvalue weighted by Crippen LogP contribution is 2.41. The van der Waals surface area contributed by atoms with E-state index in [1.54, 1.807) is 0 Å². The van der Waals surface area contributed by atoms with E-state index < -0.39 is 35.3 Å². The van der Waals surface area contributed by atoms with E-state index in [4.69, 9.17) is 4.74 Å². The van der Waals surface area contributed by atoms with E-state index in [2.05, 4.69) is 37.4 Å². The Labute approximate surface area is 181 Å². The molecule has 2 aromatic carbocycles. The molecule has 1 aliphatic rings. The van der Waals surface area contributed by atoms with Crippen LogP contribution in [-0.2, 0) is 4.74 Å². The van der Waals surface area contributed by atoms with Gasteiger partial charge in [-0.25, -0.2) is 4.79 Å². The summed E-state index contributed by atoms with van der Waals surface area (Å²) in [6.07, 6.45) is 4.25. The number of nitrogens with zero attached hydrogens (tertiary/aromatic N) is 2. The van der Waals surface area contributed by atoms with Crippen molar-refractivity contribution in [1.29, 1.82) is 0 Å². The molecule has 31 heavy (non-hydrogen) atoms. The molecule has 0 unspecified atom stereocenters. The maximum Gasteiger partial charge on any atom is 0.338 e. The summed E-state index contributed by atoms with van der Waals surface area (Å²) in [5, 5.41) is 23.5. The summed E-state index contributed by atoms with van der Waals surface area (Å²) in [4.78, 5) is 33.3. The molecule has 1 aliphatic carbocycles. The molecule has 2 atom stereocenters. The Kier molecular flexibility index (Phi) is 6.84. The van der Waals surface area contributed by atoms with Crippen LogP contribution in [0.2, 0.25) is 18.6 Å². The van der Waals surface area contributed by atoms with Crippen LogP contribution in [0, 0.1) is 26.1 Å². The number of hydrogen-bond acceptors (Lipinski definition) is 6. The molecule has 0 spiro atoms. The average Bonchev–Trinajstić information content (AvgIpc) is 2.77. The Morgan fingerprint density at radius 2 is 1.58 bits per heavy atom. The van der Waals surface area contributed by atoms with Crippen LogP contribution in [0.15, 0.2) is 48.5 Å². The highest BCUT2D eigenvalue weighted by Gasteiger charge is 2.40. The van der Waals surface area contributed by atoms with Crippen LogP contribution in [-0.4, -0.2) is 30.5 Å². The normalized spacial score (nSPS) is 18.9. The van der Waals surface area contributed by atoms with Gasteiger partial charge in [-0.2, -0.15) is 0 Å². The van der Waals surface area contributed by atoms with Gasteiger partial charge >= 0.3 is 5.97 Å². The summed E-state index contributed by atoms with van der Waals surface area (Å²) in [5.74, 6) is -0.566. The van der Waals surface area contributed by atoms with Crippen molar-refractivity contribution in [1.82, 2.24) is 0 Å². The monoisotopic (exact) mass is 442 g/mol. The van der Waals surface area contributed by atoms with Crippen molar-refractivity contribution < 1.29 is 19.4 Å². The Balaban J connectivity index is 1.77. The topological polar surface area (TPSA) is 113 Å². The Morgan fingerprint density at radius 3 is 2.16 bits per heavy atom. The molecule has 1 fully saturated rings. The number of carbonyl (C=O) groups is 1. The van der Waals surface area contributed by atoms with Crippen LogP contribution in [0.25, 0.3) is 0 Å². The average molecular weight is 443 g/mol. The molecular weight excluding hydrogens is 416 g/mol. The number of non-ortho nitro benzene ring substituents is 2. The fourth-order valence-electron chi connectivity index (χ4n) is 4.63. The highest BCUT2D eigenvalue weighted by atomic mass is 28.3. The van der Waals surface area contributed by atoms with Gasteiger partial charge in [0.05, 0.1) is 36.2 Å². The molecule has 0 radical (unpaired) electrons. The molecule has 0 bridgehead atoms. The van der Waals surface area contributed by atoms with E-state index in [0.29, 0.717) is 5.54 Å². The van der Waals surface area contributed by atoms with Gasteiger partial charge in [-0.05, 0) is 17.9 Å². The molecule has 0 amide bonds. The maximum absolute atomic E-state index is 12.6. The second kappa shape index (κ2) is 9.38. The minimum atomic E-state index is -1.81. The van der Waals surface area contributed by atoms with Crippen LogP contribution in [0.5, 0.6) is 0 Å². The van der Waals surface area contributed by atoms with Crippen molar-refractivity contribution in [3.8, 4) is 0 Å². The molecule has 164 valence electrons. The second-order valence-corrected chi connectivity index (χ2v) is 13.4. The third-order valence-corrected chi connectivity index (χ3v) is 10.8. The molecule has 9 heteroatoms. The van der Waals surface area contributed by atoms with Gasteiger partial charge in [0.15, 0.2) is 0 Å². The van der Waals surface area contributed by atoms with Crippen LogP contribution in [0.4, 0.5) is 11.4 Å². The van der Waals surface area contributed by atoms with Gasteiger partial charge in [-0.3, -0.25) is 20.2 Å². The van der Waals surface area contributed by atoms with E-state index in [-0.39, 0.29) is 18.1 Å². The number of esters is 1. The quantitative estimate of drug-likeness (QED) is 0.262. The molecular formula is C22H26N2O6Si. The van der Waals surface area contributed by atoms with Crippen molar-refractivity contribution in [2.45, 2.75) is 44.3 Å². The van der Waals surface area contributed by atoms with Gasteiger partial charge in [0.1, 0.15) is 0 Å². The second-order valence-electron chi connectivity index (χ2n) is 8.59. The number of benzene rings is 2. The van der Waals surface area contributed by atoms with Gasteiger partial charge in [-0.15, -0.1) is 0 Å². The van der Waals surface area contributed by atoms with Gasteiger partial charge in [-0.1, -0.05) is 67.9 Å². The zero-order valence-corrected chi connectivity index (χ0v) is 18.7. The summed E-state index contributed by atoms with van der Waals surface area (Å²) >= 11 is 0. The number of hydrogen-bond donors (Lipinski definition) is 0. The van der Waals surface area contributed by atoms with Gasteiger partial charge in [0, 0.05) is 12.1 Å². The number of nitro benzene ring substituents is 2. The van der Waals surface area contributed by atoms with Gasteiger partial charge in [0.25, 0.3) is 11.4 Å². The van der Waals surface area contributed by atoms with Crippen LogP contribution >= 0.6 is 0 Å². The lowest BCUT2D eigenvalue weighted by Crippen LogP contribution is -2.50. The van der Waals surface area contributed by atoms with Crippen LogP contribution in [0.3, 0.4) is 0 Å². The van der Waals surface area contributed by atoms with E-state index in [1.807, 2.05) is 6.07 Å². The SMILES string of the molecule is C[Si](C)(c1ccccc1)[C@@H]1CCCC[C@H]1COC(=O)c1cc([N+](=O)[O-])cc([N+](=O)[O-])c1. The molecule has 1 saturated carbocycles. The van der Waals surface area contributed by atoms with Crippen molar-refractivity contribution >= 4 is 30.6 Å². The molecule has 0 N–H and O–H groups in total. The minimum Gasteiger partial charge on any atom is -0.462 e. The molecule has 8 nitrogen and oxygen atoms in total. The number of ether oxygens (including phenoxy) is 1. The molecule has 0 aliphatic heterocycles. The summed E-state index contributed by atoms with van der Waals surface area (Å²) in [7, 11) is -1.81. The third-order valence-electron chi connectivity index (χ3n) is 6.34. The summed E-state index contributed by atoms with van der Waals surface area (Å²) < 4.78 is 5.54. The first kappa shape index (κ1) is 22.6. The lowest BCUT2D eigenvalue weighted by atomic mass is 9.89. The fraction of sp³-hybridized carbons (Fsp3) is 0.409. The first-order valence-electron chi connectivity index (χ1n) is 10.4. The smallest absolute Gasteiger partial charge is 0.338 e. The van der Waals surface area contributed by atoms with E-state index in [1.165, 1.54) is 5.19 Å². The van der Waals surface area contributed by atoms with Crippen LogP contribution in [0.1, 0.15) is 36.0 Å². The largest absolute Gasteiger partial charge is 0.462 e. The number of nitro groups is 2. The Hall–Kier alpha value is -3.07. The van der Waals surface area contributed by atoms with Crippen molar-refractivity contribution in [3.63, 3.8) is 0 Å². The van der Waals surface area contributed by atoms with Crippen molar-refractivity contribution in [3.05, 3.63) is 74.3 Å². The number of rotatable bonds is 7. The molecule has 3 rings (SSSR count). The molecule has 0 saturated heterocycles. The Morgan fingerprint density at radius 1 is 1.00 bits per heavy atom. The van der Waals surface area contributed by atoms with Crippen LogP contribution < -0.4 is 5.19 Å². The van der Waals surface area contributed by atoms with Crippen molar-refractivity contribution in [2.75, 3.05) is 6.61 Å². The molecule has 0 aromatic heterocycles. The Bertz CT molecular complexity index is 947. The summed E-state index contributed by atoms with van der Waals surface area (Å²) in [6.45, 7) is 4.90. The van der Waals surface area contributed by atoms with E-state index in [0.717, 1.165) is 43.9 Å². The fourth-order valence-corrected chi connectivity index (χ4v) is 8.48. The zero-order valence-electron chi connectivity index (χ0n) is 17.7. The summed E-state index contributed by atoms with van der Waals surface area (Å²) in [5.41, 5.74) is -0.743. The lowest BCUT2D eigenvalue weighted by Gasteiger charge is -2.41. The number of carbonyl (C=O) groups excluding carboxylic acids is 1. The van der Waals surface area contributed by atoms with E-state index in [9.17, 15) is 25.0 Å². The molecule has 2 aromatic rings. The highest BCUT2D eigenvalue weighted by molar-refractivity contribution is 6.91. The van der Waals surface area contributed by atoms with Crippen molar-refractivity contribution in [2.24, 2.45) is 5.92 Å².